The molecule has 29 heavy (non-hydrogen) atoms. The highest BCUT2D eigenvalue weighted by molar-refractivity contribution is 7.47. The Morgan fingerprint density at radius 2 is 1.62 bits per heavy atom. The van der Waals surface area contributed by atoms with E-state index in [-0.39, 0.29) is 26.1 Å². The third kappa shape index (κ3) is 17.6. The van der Waals surface area contributed by atoms with Crippen molar-refractivity contribution in [2.24, 2.45) is 0 Å². The van der Waals surface area contributed by atoms with Gasteiger partial charge in [-0.2, -0.15) is 0 Å². The molecule has 0 aromatic rings. The van der Waals surface area contributed by atoms with Crippen LogP contribution in [0.3, 0.4) is 0 Å². The van der Waals surface area contributed by atoms with Crippen molar-refractivity contribution in [2.75, 3.05) is 47.5 Å². The first-order chi connectivity index (χ1) is 13.5. The Morgan fingerprint density at radius 1 is 0.966 bits per heavy atom. The van der Waals surface area contributed by atoms with E-state index in [0.717, 1.165) is 32.1 Å². The third-order valence-corrected chi connectivity index (χ3v) is 4.93. The van der Waals surface area contributed by atoms with Crippen LogP contribution >= 0.6 is 7.82 Å². The van der Waals surface area contributed by atoms with Gasteiger partial charge >= 0.3 is 19.8 Å². The molecule has 0 radical (unpaired) electrons. The second kappa shape index (κ2) is 14.9. The molecule has 1 unspecified atom stereocenters. The number of carbonyl (C=O) groups excluding carboxylic acids is 2. The summed E-state index contributed by atoms with van der Waals surface area (Å²) in [6, 6.07) is 0. The van der Waals surface area contributed by atoms with E-state index < -0.39 is 32.5 Å². The highest BCUT2D eigenvalue weighted by Crippen LogP contribution is 2.43. The lowest BCUT2D eigenvalue weighted by Gasteiger charge is -2.24. The summed E-state index contributed by atoms with van der Waals surface area (Å²) in [6.07, 6.45) is 4.47. The van der Waals surface area contributed by atoms with Crippen LogP contribution < -0.4 is 0 Å². The van der Waals surface area contributed by atoms with Crippen molar-refractivity contribution >= 4 is 19.8 Å². The number of unbranched alkanes of at least 4 members (excludes halogenated alkanes) is 4. The van der Waals surface area contributed by atoms with E-state index in [2.05, 4.69) is 6.92 Å². The van der Waals surface area contributed by atoms with Crippen LogP contribution in [-0.2, 0) is 32.7 Å². The van der Waals surface area contributed by atoms with Gasteiger partial charge in [0.25, 0.3) is 0 Å². The van der Waals surface area contributed by atoms with Crippen LogP contribution in [0.4, 0.5) is 0 Å². The Kier molecular flexibility index (Phi) is 14.4. The van der Waals surface area contributed by atoms with Crippen LogP contribution in [0.25, 0.3) is 0 Å². The quantitative estimate of drug-likeness (QED) is 0.159. The van der Waals surface area contributed by atoms with Gasteiger partial charge < -0.3 is 18.9 Å². The molecule has 0 saturated carbocycles. The molecule has 0 fully saturated rings. The van der Waals surface area contributed by atoms with Crippen molar-refractivity contribution in [2.45, 2.75) is 64.9 Å². The maximum atomic E-state index is 12.0. The molecule has 0 aliphatic rings. The van der Waals surface area contributed by atoms with Gasteiger partial charge in [-0.3, -0.25) is 18.6 Å². The average molecular weight is 440 g/mol. The number of nitrogens with zero attached hydrogens (tertiary/aromatic N) is 1. The number of rotatable bonds is 17. The van der Waals surface area contributed by atoms with Crippen molar-refractivity contribution in [3.63, 3.8) is 0 Å². The van der Waals surface area contributed by atoms with Gasteiger partial charge in [-0.05, 0) is 6.42 Å². The van der Waals surface area contributed by atoms with E-state index in [9.17, 15) is 19.0 Å². The summed E-state index contributed by atoms with van der Waals surface area (Å²) in [7, 11) is 1.46. The van der Waals surface area contributed by atoms with Gasteiger partial charge in [-0.25, -0.2) is 4.57 Å². The molecule has 0 rings (SSSR count). The number of phosphoric acid groups is 1. The minimum Gasteiger partial charge on any atom is -0.462 e. The number of likely N-dealkylation sites (N-methyl/N-ethyl adjacent to an activating group) is 1. The minimum absolute atomic E-state index is 0.0315. The average Bonchev–Trinajstić information content (AvgIpc) is 2.62. The lowest BCUT2D eigenvalue weighted by atomic mass is 10.1. The van der Waals surface area contributed by atoms with E-state index in [1.54, 1.807) is 6.92 Å². The Balaban J connectivity index is 4.41. The van der Waals surface area contributed by atoms with Gasteiger partial charge in [0.05, 0.1) is 27.7 Å². The van der Waals surface area contributed by atoms with Gasteiger partial charge in [-0.1, -0.05) is 39.5 Å². The maximum Gasteiger partial charge on any atom is 0.472 e. The molecule has 0 saturated heterocycles. The Morgan fingerprint density at radius 3 is 2.21 bits per heavy atom. The fourth-order valence-corrected chi connectivity index (χ4v) is 2.90. The molecule has 10 heteroatoms. The largest absolute Gasteiger partial charge is 0.472 e. The van der Waals surface area contributed by atoms with Crippen molar-refractivity contribution in [1.82, 2.24) is 0 Å². The van der Waals surface area contributed by atoms with Gasteiger partial charge in [-0.15, -0.1) is 0 Å². The summed E-state index contributed by atoms with van der Waals surface area (Å²) in [4.78, 5) is 33.2. The highest BCUT2D eigenvalue weighted by atomic mass is 31.2. The fraction of sp³-hybridized carbons (Fsp3) is 0.895. The molecule has 9 nitrogen and oxygen atoms in total. The number of esters is 2. The number of carbonyl (C=O) groups is 2. The van der Waals surface area contributed by atoms with Crippen molar-refractivity contribution in [1.29, 1.82) is 0 Å². The molecule has 0 aromatic carbocycles. The second-order valence-corrected chi connectivity index (χ2v) is 9.38. The zero-order valence-corrected chi connectivity index (χ0v) is 19.4. The normalized spacial score (nSPS) is 14.8. The molecule has 172 valence electrons. The van der Waals surface area contributed by atoms with E-state index >= 15 is 0 Å². The fourth-order valence-electron chi connectivity index (χ4n) is 2.16. The van der Waals surface area contributed by atoms with E-state index in [1.807, 2.05) is 21.1 Å². The molecule has 0 aliphatic heterocycles. The Hall–Kier alpha value is -0.990. The maximum absolute atomic E-state index is 12.0. The molecule has 0 aromatic heterocycles. The van der Waals surface area contributed by atoms with Crippen molar-refractivity contribution in [3.8, 4) is 0 Å². The SMILES string of the molecule is CCCCCCCC(=O)OC[C@H](COP(=O)(O)OCC[N+](C)(C)C)OC(=O)CC. The molecular formula is C19H39NO8P+. The third-order valence-electron chi connectivity index (χ3n) is 3.94. The van der Waals surface area contributed by atoms with Crippen LogP contribution in [0.5, 0.6) is 0 Å². The van der Waals surface area contributed by atoms with Crippen molar-refractivity contribution in [3.05, 3.63) is 0 Å². The predicted octanol–water partition coefficient (Wildman–Crippen LogP) is 3.05. The summed E-state index contributed by atoms with van der Waals surface area (Å²) in [5.41, 5.74) is 0. The second-order valence-electron chi connectivity index (χ2n) is 7.92. The van der Waals surface area contributed by atoms with E-state index in [1.165, 1.54) is 0 Å². The minimum atomic E-state index is -4.30. The van der Waals surface area contributed by atoms with Crippen LogP contribution in [0, 0.1) is 0 Å². The Labute approximate surface area is 174 Å². The number of quaternary nitrogens is 1. The summed E-state index contributed by atoms with van der Waals surface area (Å²) in [5, 5.41) is 0. The predicted molar refractivity (Wildman–Crippen MR) is 109 cm³/mol. The van der Waals surface area contributed by atoms with Crippen LogP contribution in [0.15, 0.2) is 0 Å². The number of hydrogen-bond donors (Lipinski definition) is 1. The zero-order chi connectivity index (χ0) is 22.3. The Bertz CT molecular complexity index is 521. The molecule has 0 aliphatic carbocycles. The first-order valence-electron chi connectivity index (χ1n) is 10.3. The van der Waals surface area contributed by atoms with Gasteiger partial charge in [0.15, 0.2) is 6.10 Å². The van der Waals surface area contributed by atoms with Gasteiger partial charge in [0, 0.05) is 12.8 Å². The number of ether oxygens (including phenoxy) is 2. The lowest BCUT2D eigenvalue weighted by Crippen LogP contribution is -2.37. The molecule has 2 atom stereocenters. The lowest BCUT2D eigenvalue weighted by molar-refractivity contribution is -0.870. The topological polar surface area (TPSA) is 108 Å². The molecule has 0 heterocycles. The first-order valence-corrected chi connectivity index (χ1v) is 11.8. The van der Waals surface area contributed by atoms with Gasteiger partial charge in [0.2, 0.25) is 0 Å². The van der Waals surface area contributed by atoms with E-state index in [4.69, 9.17) is 18.5 Å². The molecule has 0 spiro atoms. The zero-order valence-electron chi connectivity index (χ0n) is 18.6. The van der Waals surface area contributed by atoms with Crippen LogP contribution in [0.1, 0.15) is 58.8 Å². The molecule has 0 bridgehead atoms. The number of phosphoric ester groups is 1. The summed E-state index contributed by atoms with van der Waals surface area (Å²) < 4.78 is 32.7. The standard InChI is InChI=1S/C19H38NO8P/c1-6-8-9-10-11-12-19(22)25-15-17(28-18(21)7-2)16-27-29(23,24)26-14-13-20(3,4)5/h17H,6-16H2,1-5H3/p+1/t17-/m1/s1. The van der Waals surface area contributed by atoms with E-state index in [0.29, 0.717) is 11.0 Å². The molecule has 1 N–H and O–H groups in total. The first kappa shape index (κ1) is 28.0. The summed E-state index contributed by atoms with van der Waals surface area (Å²) in [6.45, 7) is 3.63. The molecule has 0 amide bonds. The van der Waals surface area contributed by atoms with Crippen LogP contribution in [0.2, 0.25) is 0 Å². The monoisotopic (exact) mass is 440 g/mol. The van der Waals surface area contributed by atoms with Crippen LogP contribution in [-0.4, -0.2) is 74.9 Å². The van der Waals surface area contributed by atoms with Crippen molar-refractivity contribution < 1.29 is 42.1 Å². The van der Waals surface area contributed by atoms with Gasteiger partial charge in [0.1, 0.15) is 19.8 Å². The summed E-state index contributed by atoms with van der Waals surface area (Å²) in [5.74, 6) is -0.918. The molecular weight excluding hydrogens is 401 g/mol. The number of hydrogen-bond acceptors (Lipinski definition) is 7. The highest BCUT2D eigenvalue weighted by Gasteiger charge is 2.26. The smallest absolute Gasteiger partial charge is 0.462 e. The summed E-state index contributed by atoms with van der Waals surface area (Å²) >= 11 is 0.